The van der Waals surface area contributed by atoms with Gasteiger partial charge in [0.25, 0.3) is 0 Å². The first kappa shape index (κ1) is 24.0. The van der Waals surface area contributed by atoms with Crippen LogP contribution in [-0.4, -0.2) is 73.8 Å². The van der Waals surface area contributed by atoms with Gasteiger partial charge in [-0.3, -0.25) is 9.78 Å². The lowest BCUT2D eigenvalue weighted by Crippen LogP contribution is -2.48. The molecule has 34 heavy (non-hydrogen) atoms. The molecule has 5 atom stereocenters. The summed E-state index contributed by atoms with van der Waals surface area (Å²) in [7, 11) is 3.80. The molecular weight excluding hydrogens is 447 g/mol. The van der Waals surface area contributed by atoms with E-state index in [4.69, 9.17) is 9.47 Å². The number of pyridine rings is 1. The summed E-state index contributed by atoms with van der Waals surface area (Å²) in [5.74, 6) is 1.31. The predicted octanol–water partition coefficient (Wildman–Crippen LogP) is 3.38. The van der Waals surface area contributed by atoms with Crippen molar-refractivity contribution in [3.8, 4) is 0 Å². The zero-order valence-electron chi connectivity index (χ0n) is 19.9. The van der Waals surface area contributed by atoms with Crippen LogP contribution in [0.1, 0.15) is 42.5 Å². The fourth-order valence-electron chi connectivity index (χ4n) is 7.05. The molecule has 0 radical (unpaired) electrons. The van der Waals surface area contributed by atoms with Crippen molar-refractivity contribution in [2.24, 2.45) is 23.2 Å². The van der Waals surface area contributed by atoms with Crippen molar-refractivity contribution < 1.29 is 27.4 Å². The Morgan fingerprint density at radius 3 is 2.97 bits per heavy atom. The van der Waals surface area contributed by atoms with Gasteiger partial charge in [-0.25, -0.2) is 0 Å². The lowest BCUT2D eigenvalue weighted by molar-refractivity contribution is -0.144. The molecule has 1 amide bonds. The van der Waals surface area contributed by atoms with Crippen molar-refractivity contribution in [2.75, 3.05) is 47.0 Å². The molecule has 5 rings (SSSR count). The third-order valence-corrected chi connectivity index (χ3v) is 8.60. The van der Waals surface area contributed by atoms with Gasteiger partial charge in [0.05, 0.1) is 23.7 Å². The molecule has 1 saturated carbocycles. The largest absolute Gasteiger partial charge is 0.417 e. The first-order valence-electron chi connectivity index (χ1n) is 12.3. The van der Waals surface area contributed by atoms with Crippen LogP contribution in [0.25, 0.3) is 0 Å². The fourth-order valence-corrected chi connectivity index (χ4v) is 7.05. The topological polar surface area (TPSA) is 54.9 Å². The van der Waals surface area contributed by atoms with Crippen LogP contribution >= 0.6 is 0 Å². The molecule has 0 aromatic carbocycles. The number of amides is 1. The third kappa shape index (κ3) is 4.35. The van der Waals surface area contributed by atoms with Gasteiger partial charge in [0.2, 0.25) is 5.91 Å². The molecule has 3 aliphatic heterocycles. The molecule has 4 heterocycles. The van der Waals surface area contributed by atoms with E-state index in [9.17, 15) is 18.0 Å². The van der Waals surface area contributed by atoms with Crippen LogP contribution in [0.4, 0.5) is 13.2 Å². The number of alkyl halides is 3. The van der Waals surface area contributed by atoms with Gasteiger partial charge >= 0.3 is 6.18 Å². The Labute approximate surface area is 198 Å². The van der Waals surface area contributed by atoms with Crippen molar-refractivity contribution in [2.45, 2.75) is 50.9 Å². The highest BCUT2D eigenvalue weighted by molar-refractivity contribution is 5.84. The summed E-state index contributed by atoms with van der Waals surface area (Å²) >= 11 is 0. The minimum Gasteiger partial charge on any atom is -0.379 e. The van der Waals surface area contributed by atoms with E-state index in [0.29, 0.717) is 42.7 Å². The summed E-state index contributed by atoms with van der Waals surface area (Å²) in [6.45, 7) is 3.73. The molecule has 1 aliphatic carbocycles. The van der Waals surface area contributed by atoms with Gasteiger partial charge in [0.15, 0.2) is 0 Å². The average Bonchev–Trinajstić information content (AvgIpc) is 3.30. The molecule has 2 saturated heterocycles. The molecule has 0 spiro atoms. The van der Waals surface area contributed by atoms with E-state index in [0.717, 1.165) is 51.6 Å². The standard InChI is InChI=1S/C25H34F3N3O3/c1-30-13-20-8-16(7-17-4-6-34-14-22(17)33-2)10-24(20,15-30)23(32)31-5-3-21-18(12-31)9-19(11-29-21)25(26,27)28/h9,11,16-17,20,22H,3-8,10,12-15H2,1-2H3/t16-,17?,20+,22?,24+/m1/s1. The maximum absolute atomic E-state index is 14.0. The quantitative estimate of drug-likeness (QED) is 0.660. The molecule has 0 N–H and O–H groups in total. The number of fused-ring (bicyclic) bond motifs is 2. The number of rotatable bonds is 4. The zero-order valence-corrected chi connectivity index (χ0v) is 19.9. The van der Waals surface area contributed by atoms with Gasteiger partial charge in [-0.1, -0.05) is 0 Å². The van der Waals surface area contributed by atoms with Gasteiger partial charge in [-0.2, -0.15) is 13.2 Å². The van der Waals surface area contributed by atoms with Crippen molar-refractivity contribution in [1.29, 1.82) is 0 Å². The summed E-state index contributed by atoms with van der Waals surface area (Å²) < 4.78 is 50.9. The van der Waals surface area contributed by atoms with Crippen LogP contribution in [0.15, 0.2) is 12.3 Å². The van der Waals surface area contributed by atoms with E-state index < -0.39 is 17.2 Å². The Morgan fingerprint density at radius 2 is 2.21 bits per heavy atom. The highest BCUT2D eigenvalue weighted by Gasteiger charge is 2.58. The Balaban J connectivity index is 1.33. The van der Waals surface area contributed by atoms with E-state index in [2.05, 4.69) is 16.9 Å². The second kappa shape index (κ2) is 9.06. The molecule has 0 bridgehead atoms. The lowest BCUT2D eigenvalue weighted by Gasteiger charge is -2.37. The Bertz CT molecular complexity index is 926. The average molecular weight is 482 g/mol. The SMILES string of the molecule is COC1COCCC1C[C@@H]1C[C@H]2CN(C)C[C@@]2(C(=O)N2CCc3ncc(C(F)(F)F)cc3C2)C1. The van der Waals surface area contributed by atoms with Crippen LogP contribution in [0, 0.1) is 23.2 Å². The molecule has 188 valence electrons. The number of halogens is 3. The van der Waals surface area contributed by atoms with Crippen LogP contribution in [0.3, 0.4) is 0 Å². The summed E-state index contributed by atoms with van der Waals surface area (Å²) in [6.07, 6.45) is 0.968. The molecule has 1 aromatic rings. The number of carbonyl (C=O) groups excluding carboxylic acids is 1. The van der Waals surface area contributed by atoms with Crippen LogP contribution in [-0.2, 0) is 33.4 Å². The summed E-state index contributed by atoms with van der Waals surface area (Å²) in [5.41, 5.74) is -0.000502. The second-order valence-corrected chi connectivity index (χ2v) is 10.8. The number of methoxy groups -OCH3 is 1. The number of likely N-dealkylation sites (tertiary alicyclic amines) is 1. The number of hydrogen-bond acceptors (Lipinski definition) is 5. The van der Waals surface area contributed by atoms with E-state index >= 15 is 0 Å². The number of carbonyl (C=O) groups is 1. The highest BCUT2D eigenvalue weighted by atomic mass is 19.4. The maximum atomic E-state index is 14.0. The van der Waals surface area contributed by atoms with Gasteiger partial charge in [-0.15, -0.1) is 0 Å². The molecule has 4 aliphatic rings. The molecular formula is C25H34F3N3O3. The maximum Gasteiger partial charge on any atom is 0.417 e. The number of nitrogens with zero attached hydrogens (tertiary/aromatic N) is 3. The zero-order chi connectivity index (χ0) is 24.1. The first-order chi connectivity index (χ1) is 16.2. The summed E-state index contributed by atoms with van der Waals surface area (Å²) in [5, 5.41) is 0. The first-order valence-corrected chi connectivity index (χ1v) is 12.3. The summed E-state index contributed by atoms with van der Waals surface area (Å²) in [4.78, 5) is 22.1. The normalized spacial score (nSPS) is 34.2. The molecule has 2 unspecified atom stereocenters. The van der Waals surface area contributed by atoms with Crippen molar-refractivity contribution in [3.63, 3.8) is 0 Å². The van der Waals surface area contributed by atoms with E-state index in [1.54, 1.807) is 12.0 Å². The Kier molecular flexibility index (Phi) is 6.40. The van der Waals surface area contributed by atoms with E-state index in [1.807, 2.05) is 0 Å². The number of ether oxygens (including phenoxy) is 2. The lowest BCUT2D eigenvalue weighted by atomic mass is 9.78. The molecule has 6 nitrogen and oxygen atoms in total. The monoisotopic (exact) mass is 481 g/mol. The molecule has 1 aromatic heterocycles. The van der Waals surface area contributed by atoms with Crippen molar-refractivity contribution in [3.05, 3.63) is 29.1 Å². The second-order valence-electron chi connectivity index (χ2n) is 10.8. The smallest absolute Gasteiger partial charge is 0.379 e. The Morgan fingerprint density at radius 1 is 1.38 bits per heavy atom. The van der Waals surface area contributed by atoms with E-state index in [1.165, 1.54) is 6.07 Å². The molecule has 9 heteroatoms. The highest BCUT2D eigenvalue weighted by Crippen LogP contribution is 2.54. The minimum atomic E-state index is -4.44. The number of aromatic nitrogens is 1. The third-order valence-electron chi connectivity index (χ3n) is 8.60. The molecule has 3 fully saturated rings. The van der Waals surface area contributed by atoms with Crippen molar-refractivity contribution in [1.82, 2.24) is 14.8 Å². The predicted molar refractivity (Wildman–Crippen MR) is 119 cm³/mol. The Hall–Kier alpha value is -1.71. The van der Waals surface area contributed by atoms with Gasteiger partial charge in [-0.05, 0) is 62.1 Å². The summed E-state index contributed by atoms with van der Waals surface area (Å²) in [6, 6.07) is 1.17. The van der Waals surface area contributed by atoms with Crippen LogP contribution < -0.4 is 0 Å². The van der Waals surface area contributed by atoms with Gasteiger partial charge < -0.3 is 19.3 Å². The van der Waals surface area contributed by atoms with Gasteiger partial charge in [0, 0.05) is 58.2 Å². The minimum absolute atomic E-state index is 0.109. The fraction of sp³-hybridized carbons (Fsp3) is 0.760. The van der Waals surface area contributed by atoms with E-state index in [-0.39, 0.29) is 24.5 Å². The van der Waals surface area contributed by atoms with Gasteiger partial charge in [0.1, 0.15) is 0 Å². The van der Waals surface area contributed by atoms with Crippen LogP contribution in [0.5, 0.6) is 0 Å². The van der Waals surface area contributed by atoms with Crippen LogP contribution in [0.2, 0.25) is 0 Å². The number of hydrogen-bond donors (Lipinski definition) is 0. The van der Waals surface area contributed by atoms with Crippen molar-refractivity contribution >= 4 is 5.91 Å².